The van der Waals surface area contributed by atoms with Gasteiger partial charge in [0.2, 0.25) is 0 Å². The third-order valence-corrected chi connectivity index (χ3v) is 12.4. The van der Waals surface area contributed by atoms with E-state index < -0.39 is 18.1 Å². The lowest BCUT2D eigenvalue weighted by atomic mass is 9.96. The van der Waals surface area contributed by atoms with Crippen molar-refractivity contribution in [2.75, 3.05) is 0 Å². The Kier molecular flexibility index (Phi) is 6.30. The second kappa shape index (κ2) is 13.1. The van der Waals surface area contributed by atoms with Crippen LogP contribution >= 0.6 is 11.3 Å². The van der Waals surface area contributed by atoms with Crippen molar-refractivity contribution in [1.29, 1.82) is 0 Å². The van der Waals surface area contributed by atoms with Crippen LogP contribution in [0.5, 0.6) is 0 Å². The molecule has 5 heteroatoms. The summed E-state index contributed by atoms with van der Waals surface area (Å²) in [6.45, 7) is 0. The Labute approximate surface area is 345 Å². The summed E-state index contributed by atoms with van der Waals surface area (Å²) < 4.78 is 47.6. The zero-order valence-corrected chi connectivity index (χ0v) is 31.6. The molecule has 0 aliphatic carbocycles. The molecule has 0 atom stereocenters. The monoisotopic (exact) mass is 761 g/mol. The van der Waals surface area contributed by atoms with E-state index in [0.29, 0.717) is 17.2 Å². The molecular formula is C53H32N4S. The molecule has 12 aromatic rings. The molecule has 9 aromatic carbocycles. The Bertz CT molecular complexity index is 3800. The summed E-state index contributed by atoms with van der Waals surface area (Å²) in [6, 6.07) is 54.6. The summed E-state index contributed by atoms with van der Waals surface area (Å²) in [5, 5.41) is 9.13. The van der Waals surface area contributed by atoms with Gasteiger partial charge in [-0.05, 0) is 63.0 Å². The largest absolute Gasteiger partial charge is 0.309 e. The number of aromatic nitrogens is 4. The number of para-hydroxylation sites is 2. The Balaban J connectivity index is 1.19. The number of hydrogen-bond acceptors (Lipinski definition) is 4. The predicted molar refractivity (Wildman–Crippen MR) is 244 cm³/mol. The normalized spacial score (nSPS) is 13.0. The van der Waals surface area contributed by atoms with Crippen molar-refractivity contribution < 1.29 is 6.85 Å². The highest BCUT2D eigenvalue weighted by molar-refractivity contribution is 7.26. The van der Waals surface area contributed by atoms with E-state index in [2.05, 4.69) is 138 Å². The minimum atomic E-state index is -0.479. The van der Waals surface area contributed by atoms with Crippen molar-refractivity contribution in [3.05, 3.63) is 194 Å². The van der Waals surface area contributed by atoms with E-state index in [1.165, 1.54) is 21.5 Å². The van der Waals surface area contributed by atoms with Crippen LogP contribution in [-0.4, -0.2) is 19.5 Å². The summed E-state index contributed by atoms with van der Waals surface area (Å²) in [6.07, 6.45) is 0. The molecule has 0 N–H and O–H groups in total. The second-order valence-electron chi connectivity index (χ2n) is 14.4. The van der Waals surface area contributed by atoms with Crippen LogP contribution in [0.15, 0.2) is 194 Å². The molecule has 0 radical (unpaired) electrons. The first kappa shape index (κ1) is 28.0. The van der Waals surface area contributed by atoms with Crippen LogP contribution in [0.2, 0.25) is 0 Å². The van der Waals surface area contributed by atoms with E-state index in [0.717, 1.165) is 64.4 Å². The molecule has 4 nitrogen and oxygen atoms in total. The lowest BCUT2D eigenvalue weighted by Crippen LogP contribution is -2.01. The first-order valence-electron chi connectivity index (χ1n) is 21.6. The maximum Gasteiger partial charge on any atom is 0.165 e. The predicted octanol–water partition coefficient (Wildman–Crippen LogP) is 14.3. The summed E-state index contributed by atoms with van der Waals surface area (Å²) in [4.78, 5) is 15.0. The Morgan fingerprint density at radius 1 is 0.397 bits per heavy atom. The van der Waals surface area contributed by atoms with Crippen molar-refractivity contribution in [1.82, 2.24) is 19.5 Å². The van der Waals surface area contributed by atoms with Crippen LogP contribution in [0, 0.1) is 0 Å². The summed E-state index contributed by atoms with van der Waals surface area (Å²) in [7, 11) is 0. The average Bonchev–Trinajstić information content (AvgIpc) is 3.88. The van der Waals surface area contributed by atoms with Gasteiger partial charge in [-0.25, -0.2) is 15.0 Å². The standard InChI is InChI=1S/C53H32N4S/c1-3-15-35(16-4-1)51-54-52(36-17-5-2-6-18-36)56-53(55-51)46-32-38(57-47-24-11-9-20-41(47)42-21-10-12-25-48(42)57)31-45-43-23-13-22-40(49(43)58-50(45)46)37-29-28-34-27-26-33-14-7-8-19-39(33)44(34)30-37/h1-32H/i1D,3D,4D,15D,16D. The van der Waals surface area contributed by atoms with E-state index in [9.17, 15) is 0 Å². The number of benzene rings is 9. The van der Waals surface area contributed by atoms with E-state index >= 15 is 0 Å². The summed E-state index contributed by atoms with van der Waals surface area (Å²) in [5.41, 5.74) is 6.56. The van der Waals surface area contributed by atoms with Crippen LogP contribution in [0.1, 0.15) is 6.85 Å². The van der Waals surface area contributed by atoms with Gasteiger partial charge in [-0.3, -0.25) is 0 Å². The molecule has 3 heterocycles. The van der Waals surface area contributed by atoms with Gasteiger partial charge in [0.1, 0.15) is 0 Å². The van der Waals surface area contributed by atoms with E-state index in [4.69, 9.17) is 21.8 Å². The number of nitrogens with zero attached hydrogens (tertiary/aromatic N) is 4. The van der Waals surface area contributed by atoms with Gasteiger partial charge in [0.05, 0.1) is 17.9 Å². The molecule has 0 amide bonds. The topological polar surface area (TPSA) is 43.6 Å². The minimum absolute atomic E-state index is 0.00328. The van der Waals surface area contributed by atoms with Crippen LogP contribution in [0.3, 0.4) is 0 Å². The van der Waals surface area contributed by atoms with Crippen molar-refractivity contribution in [3.63, 3.8) is 0 Å². The highest BCUT2D eigenvalue weighted by Crippen LogP contribution is 2.46. The smallest absolute Gasteiger partial charge is 0.165 e. The first-order valence-corrected chi connectivity index (χ1v) is 19.9. The fourth-order valence-corrected chi connectivity index (χ4v) is 9.79. The van der Waals surface area contributed by atoms with Crippen LogP contribution in [0.25, 0.3) is 115 Å². The van der Waals surface area contributed by atoms with E-state index in [1.54, 1.807) is 11.3 Å². The molecule has 270 valence electrons. The summed E-state index contributed by atoms with van der Waals surface area (Å²) >= 11 is 1.67. The molecule has 12 rings (SSSR count). The van der Waals surface area contributed by atoms with Crippen LogP contribution < -0.4 is 0 Å². The van der Waals surface area contributed by atoms with Crippen molar-refractivity contribution in [3.8, 4) is 51.0 Å². The van der Waals surface area contributed by atoms with Gasteiger partial charge in [0, 0.05) is 53.3 Å². The van der Waals surface area contributed by atoms with Gasteiger partial charge >= 0.3 is 0 Å². The van der Waals surface area contributed by atoms with Crippen molar-refractivity contribution in [2.24, 2.45) is 0 Å². The molecule has 0 aliphatic heterocycles. The third-order valence-electron chi connectivity index (χ3n) is 11.1. The highest BCUT2D eigenvalue weighted by Gasteiger charge is 2.22. The Hall–Kier alpha value is -7.47. The van der Waals surface area contributed by atoms with E-state index in [-0.39, 0.29) is 23.5 Å². The third kappa shape index (κ3) is 5.18. The van der Waals surface area contributed by atoms with Gasteiger partial charge < -0.3 is 4.57 Å². The minimum Gasteiger partial charge on any atom is -0.309 e. The van der Waals surface area contributed by atoms with Gasteiger partial charge in [0.25, 0.3) is 0 Å². The van der Waals surface area contributed by atoms with Crippen LogP contribution in [-0.2, 0) is 0 Å². The molecule has 0 unspecified atom stereocenters. The zero-order valence-electron chi connectivity index (χ0n) is 35.8. The number of thiophene rings is 1. The molecule has 0 saturated carbocycles. The second-order valence-corrected chi connectivity index (χ2v) is 15.4. The molecule has 0 spiro atoms. The molecular weight excluding hydrogens is 725 g/mol. The van der Waals surface area contributed by atoms with Gasteiger partial charge in [-0.1, -0.05) is 164 Å². The van der Waals surface area contributed by atoms with Crippen molar-refractivity contribution >= 4 is 74.9 Å². The average molecular weight is 762 g/mol. The zero-order chi connectivity index (χ0) is 42.5. The number of rotatable bonds is 5. The fraction of sp³-hybridized carbons (Fsp3) is 0. The first-order chi connectivity index (χ1) is 30.8. The maximum atomic E-state index is 8.94. The lowest BCUT2D eigenvalue weighted by Gasteiger charge is -2.13. The maximum absolute atomic E-state index is 8.94. The van der Waals surface area contributed by atoms with Gasteiger partial charge in [0.15, 0.2) is 17.5 Å². The molecule has 0 fully saturated rings. The number of fused-ring (bicyclic) bond motifs is 9. The van der Waals surface area contributed by atoms with Crippen molar-refractivity contribution in [2.45, 2.75) is 0 Å². The molecule has 0 aliphatic rings. The van der Waals surface area contributed by atoms with E-state index in [1.807, 2.05) is 30.3 Å². The molecule has 58 heavy (non-hydrogen) atoms. The molecule has 0 bridgehead atoms. The molecule has 0 saturated heterocycles. The Morgan fingerprint density at radius 2 is 1.00 bits per heavy atom. The number of hydrogen-bond donors (Lipinski definition) is 0. The lowest BCUT2D eigenvalue weighted by molar-refractivity contribution is 1.07. The Morgan fingerprint density at radius 3 is 1.78 bits per heavy atom. The fourth-order valence-electron chi connectivity index (χ4n) is 8.46. The van der Waals surface area contributed by atoms with Gasteiger partial charge in [-0.15, -0.1) is 11.3 Å². The summed E-state index contributed by atoms with van der Waals surface area (Å²) in [5.74, 6) is 0.642. The highest BCUT2D eigenvalue weighted by atomic mass is 32.1. The van der Waals surface area contributed by atoms with Crippen LogP contribution in [0.4, 0.5) is 0 Å². The molecule has 3 aromatic heterocycles. The quantitative estimate of drug-likeness (QED) is 0.164. The van der Waals surface area contributed by atoms with Gasteiger partial charge in [-0.2, -0.15) is 0 Å². The SMILES string of the molecule is [2H]c1c([2H])c([2H])c(-c2nc(-c3ccccc3)nc(-c3cc(-n4c5ccccc5c5ccccc54)cc4c3sc3c(-c5ccc6ccc7ccccc7c6c5)cccc34)n2)c([2H])c1[2H].